The van der Waals surface area contributed by atoms with E-state index in [-0.39, 0.29) is 11.7 Å². The van der Waals surface area contributed by atoms with Crippen molar-refractivity contribution in [1.82, 2.24) is 0 Å². The van der Waals surface area contributed by atoms with Crippen LogP contribution in [0, 0.1) is 0 Å². The zero-order valence-corrected chi connectivity index (χ0v) is 13.6. The van der Waals surface area contributed by atoms with Crippen LogP contribution in [0.5, 0.6) is 5.75 Å². The molecule has 0 bridgehead atoms. The summed E-state index contributed by atoms with van der Waals surface area (Å²) in [5.74, 6) is -0.126. The lowest BCUT2D eigenvalue weighted by Crippen LogP contribution is -2.31. The van der Waals surface area contributed by atoms with Crippen molar-refractivity contribution in [1.29, 1.82) is 0 Å². The van der Waals surface area contributed by atoms with Crippen LogP contribution < -0.4 is 9.64 Å². The first kappa shape index (κ1) is 16.0. The molecule has 2 aromatic rings. The van der Waals surface area contributed by atoms with Crippen LogP contribution in [0.2, 0.25) is 0 Å². The van der Waals surface area contributed by atoms with Crippen LogP contribution in [0.15, 0.2) is 30.3 Å². The quantitative estimate of drug-likeness (QED) is 0.814. The number of benzene rings is 2. The Balaban J connectivity index is 1.84. The number of hydrogen-bond acceptors (Lipinski definition) is 2. The summed E-state index contributed by atoms with van der Waals surface area (Å²) >= 11 is 0. The lowest BCUT2D eigenvalue weighted by Gasteiger charge is -2.26. The van der Waals surface area contributed by atoms with E-state index in [1.165, 1.54) is 13.2 Å². The van der Waals surface area contributed by atoms with Gasteiger partial charge >= 0.3 is 6.18 Å². The van der Waals surface area contributed by atoms with Gasteiger partial charge in [0, 0.05) is 6.54 Å². The first-order valence-electron chi connectivity index (χ1n) is 8.10. The Bertz CT molecular complexity index is 874. The van der Waals surface area contributed by atoms with E-state index in [9.17, 15) is 18.0 Å². The monoisotopic (exact) mass is 347 g/mol. The van der Waals surface area contributed by atoms with Gasteiger partial charge in [-0.15, -0.1) is 0 Å². The van der Waals surface area contributed by atoms with Gasteiger partial charge in [-0.2, -0.15) is 13.2 Å². The van der Waals surface area contributed by atoms with E-state index in [1.54, 1.807) is 11.0 Å². The van der Waals surface area contributed by atoms with Gasteiger partial charge in [-0.1, -0.05) is 6.07 Å². The molecule has 1 amide bonds. The molecule has 3 nitrogen and oxygen atoms in total. The van der Waals surface area contributed by atoms with Crippen molar-refractivity contribution in [2.45, 2.75) is 25.4 Å². The van der Waals surface area contributed by atoms with Gasteiger partial charge in [0.2, 0.25) is 5.91 Å². The Morgan fingerprint density at radius 2 is 1.84 bits per heavy atom. The number of hydrogen-bond donors (Lipinski definition) is 0. The molecule has 0 atom stereocenters. The molecule has 2 heterocycles. The van der Waals surface area contributed by atoms with Crippen molar-refractivity contribution in [3.05, 3.63) is 47.0 Å². The molecule has 0 fully saturated rings. The summed E-state index contributed by atoms with van der Waals surface area (Å²) in [4.78, 5) is 13.9. The van der Waals surface area contributed by atoms with Gasteiger partial charge in [0.05, 0.1) is 24.8 Å². The third-order valence-electron chi connectivity index (χ3n) is 4.85. The van der Waals surface area contributed by atoms with Crippen LogP contribution in [0.3, 0.4) is 0 Å². The highest BCUT2D eigenvalue weighted by Crippen LogP contribution is 2.42. The Hall–Kier alpha value is -2.50. The van der Waals surface area contributed by atoms with Crippen LogP contribution in [-0.4, -0.2) is 19.6 Å². The molecule has 0 spiro atoms. The predicted octanol–water partition coefficient (Wildman–Crippen LogP) is 4.22. The number of rotatable bonds is 2. The summed E-state index contributed by atoms with van der Waals surface area (Å²) < 4.78 is 44.7. The fourth-order valence-corrected chi connectivity index (χ4v) is 3.75. The summed E-state index contributed by atoms with van der Waals surface area (Å²) in [5, 5.41) is 0. The Morgan fingerprint density at radius 1 is 1.08 bits per heavy atom. The van der Waals surface area contributed by atoms with Crippen LogP contribution in [0.25, 0.3) is 11.1 Å². The molecule has 0 N–H and O–H groups in total. The number of ether oxygens (including phenoxy) is 1. The smallest absolute Gasteiger partial charge is 0.419 e. The van der Waals surface area contributed by atoms with E-state index in [1.807, 2.05) is 12.1 Å². The van der Waals surface area contributed by atoms with Gasteiger partial charge in [0.1, 0.15) is 5.75 Å². The maximum atomic E-state index is 13.3. The summed E-state index contributed by atoms with van der Waals surface area (Å²) in [7, 11) is 1.23. The molecule has 130 valence electrons. The van der Waals surface area contributed by atoms with Crippen molar-refractivity contribution < 1.29 is 22.7 Å². The molecule has 25 heavy (non-hydrogen) atoms. The zero-order chi connectivity index (χ0) is 17.8. The van der Waals surface area contributed by atoms with Crippen LogP contribution in [0.4, 0.5) is 18.9 Å². The molecule has 0 aromatic heterocycles. The normalized spacial score (nSPS) is 16.2. The minimum atomic E-state index is -4.49. The summed E-state index contributed by atoms with van der Waals surface area (Å²) in [6.07, 6.45) is -2.46. The van der Waals surface area contributed by atoms with Gasteiger partial charge in [0.25, 0.3) is 0 Å². The summed E-state index contributed by atoms with van der Waals surface area (Å²) in [6.45, 7) is 0.721. The lowest BCUT2D eigenvalue weighted by molar-refractivity contribution is -0.138. The molecule has 0 saturated carbocycles. The first-order chi connectivity index (χ1) is 11.9. The van der Waals surface area contributed by atoms with Crippen LogP contribution in [0.1, 0.15) is 23.1 Å². The number of nitrogens with zero attached hydrogens (tertiary/aromatic N) is 1. The van der Waals surface area contributed by atoms with Crippen LogP contribution in [-0.2, 0) is 23.8 Å². The van der Waals surface area contributed by atoms with E-state index in [0.29, 0.717) is 17.5 Å². The minimum Gasteiger partial charge on any atom is -0.496 e. The molecule has 0 aliphatic carbocycles. The number of halogens is 3. The molecule has 0 radical (unpaired) electrons. The van der Waals surface area contributed by atoms with Crippen molar-refractivity contribution in [2.24, 2.45) is 0 Å². The molecular formula is C19H16F3NO2. The average Bonchev–Trinajstić information content (AvgIpc) is 2.91. The molecule has 2 aliphatic rings. The molecule has 2 aromatic carbocycles. The highest BCUT2D eigenvalue weighted by molar-refractivity contribution is 6.03. The number of amides is 1. The Morgan fingerprint density at radius 3 is 2.56 bits per heavy atom. The predicted molar refractivity (Wildman–Crippen MR) is 87.8 cm³/mol. The second kappa shape index (κ2) is 5.51. The lowest BCUT2D eigenvalue weighted by atomic mass is 9.93. The van der Waals surface area contributed by atoms with E-state index >= 15 is 0 Å². The number of carbonyl (C=O) groups excluding carboxylic acids is 1. The van der Waals surface area contributed by atoms with E-state index in [2.05, 4.69) is 0 Å². The van der Waals surface area contributed by atoms with E-state index < -0.39 is 11.7 Å². The summed E-state index contributed by atoms with van der Waals surface area (Å²) in [6, 6.07) is 7.83. The SMILES string of the molecule is COc1ccc(-c2cc3c4c(c2)CC(=O)N4CCC3)cc1C(F)(F)F. The van der Waals surface area contributed by atoms with Crippen molar-refractivity contribution in [3.8, 4) is 16.9 Å². The average molecular weight is 347 g/mol. The Kier molecular flexibility index (Phi) is 3.52. The van der Waals surface area contributed by atoms with Gasteiger partial charge in [-0.25, -0.2) is 0 Å². The number of alkyl halides is 3. The standard InChI is InChI=1S/C19H16F3NO2/c1-25-16-5-4-11(9-15(16)19(20,21)22)13-7-12-3-2-6-23-17(24)10-14(8-13)18(12)23/h4-5,7-9H,2-3,6,10H2,1H3. The third-order valence-corrected chi connectivity index (χ3v) is 4.85. The number of carbonyl (C=O) groups is 1. The molecule has 2 aliphatic heterocycles. The van der Waals surface area contributed by atoms with E-state index in [0.717, 1.165) is 42.3 Å². The fraction of sp³-hybridized carbons (Fsp3) is 0.316. The molecular weight excluding hydrogens is 331 g/mol. The third kappa shape index (κ3) is 2.56. The largest absolute Gasteiger partial charge is 0.496 e. The number of methoxy groups -OCH3 is 1. The second-order valence-corrected chi connectivity index (χ2v) is 6.38. The summed E-state index contributed by atoms with van der Waals surface area (Å²) in [5.41, 5.74) is 3.29. The highest BCUT2D eigenvalue weighted by atomic mass is 19.4. The van der Waals surface area contributed by atoms with Gasteiger partial charge in [0.15, 0.2) is 0 Å². The van der Waals surface area contributed by atoms with Crippen molar-refractivity contribution in [3.63, 3.8) is 0 Å². The van der Waals surface area contributed by atoms with Crippen molar-refractivity contribution in [2.75, 3.05) is 18.6 Å². The van der Waals surface area contributed by atoms with Crippen molar-refractivity contribution >= 4 is 11.6 Å². The topological polar surface area (TPSA) is 29.5 Å². The first-order valence-corrected chi connectivity index (χ1v) is 8.10. The molecule has 0 unspecified atom stereocenters. The molecule has 6 heteroatoms. The van der Waals surface area contributed by atoms with Crippen LogP contribution >= 0.6 is 0 Å². The zero-order valence-electron chi connectivity index (χ0n) is 13.6. The van der Waals surface area contributed by atoms with Gasteiger partial charge in [-0.05, 0) is 59.4 Å². The second-order valence-electron chi connectivity index (χ2n) is 6.38. The van der Waals surface area contributed by atoms with E-state index in [4.69, 9.17) is 4.74 Å². The maximum absolute atomic E-state index is 13.3. The fourth-order valence-electron chi connectivity index (χ4n) is 3.75. The Labute approximate surface area is 143 Å². The van der Waals surface area contributed by atoms with Gasteiger partial charge in [-0.3, -0.25) is 4.79 Å². The van der Waals surface area contributed by atoms with Gasteiger partial charge < -0.3 is 9.64 Å². The highest BCUT2D eigenvalue weighted by Gasteiger charge is 2.35. The molecule has 4 rings (SSSR count). The number of anilines is 1. The molecule has 0 saturated heterocycles. The number of aryl methyl sites for hydroxylation is 1. The minimum absolute atomic E-state index is 0.0683. The maximum Gasteiger partial charge on any atom is 0.419 e.